The van der Waals surface area contributed by atoms with Gasteiger partial charge in [0.15, 0.2) is 5.17 Å². The molecule has 1 atom stereocenters. The van der Waals surface area contributed by atoms with Gasteiger partial charge in [0, 0.05) is 32.1 Å². The molecule has 1 aromatic carbocycles. The largest absolute Gasteiger partial charge is 0.381 e. The van der Waals surface area contributed by atoms with Gasteiger partial charge in [0.2, 0.25) is 11.7 Å². The molecule has 2 heterocycles. The molecular formula is C25H35ClN4O4S. The van der Waals surface area contributed by atoms with E-state index in [1.807, 2.05) is 51.1 Å². The number of ketones is 1. The fraction of sp³-hybridized carbons (Fsp3) is 0.520. The molecule has 1 unspecified atom stereocenters. The second-order valence-corrected chi connectivity index (χ2v) is 10.7. The molecule has 0 bridgehead atoms. The van der Waals surface area contributed by atoms with Crippen molar-refractivity contribution in [1.29, 1.82) is 0 Å². The summed E-state index contributed by atoms with van der Waals surface area (Å²) in [6, 6.07) is 9.10. The van der Waals surface area contributed by atoms with E-state index in [0.717, 1.165) is 17.9 Å². The van der Waals surface area contributed by atoms with Crippen LogP contribution >= 0.6 is 24.2 Å². The molecular weight excluding hydrogens is 488 g/mol. The Morgan fingerprint density at radius 2 is 1.89 bits per heavy atom. The van der Waals surface area contributed by atoms with Gasteiger partial charge in [0.1, 0.15) is 6.04 Å². The molecule has 0 spiro atoms. The Morgan fingerprint density at radius 1 is 1.20 bits per heavy atom. The lowest BCUT2D eigenvalue weighted by molar-refractivity contribution is -0.141. The summed E-state index contributed by atoms with van der Waals surface area (Å²) < 4.78 is 5.39. The van der Waals surface area contributed by atoms with E-state index in [-0.39, 0.29) is 29.6 Å². The molecule has 192 valence electrons. The number of ether oxygens (including phenoxy) is 1. The highest BCUT2D eigenvalue weighted by Crippen LogP contribution is 2.22. The van der Waals surface area contributed by atoms with Gasteiger partial charge >= 0.3 is 5.91 Å². The number of benzene rings is 1. The minimum Gasteiger partial charge on any atom is -0.381 e. The van der Waals surface area contributed by atoms with E-state index in [0.29, 0.717) is 37.8 Å². The Kier molecular flexibility index (Phi) is 11.3. The second kappa shape index (κ2) is 13.7. The molecule has 0 radical (unpaired) electrons. The average molecular weight is 523 g/mol. The number of hydrazone groups is 1. The summed E-state index contributed by atoms with van der Waals surface area (Å²) >= 11 is 1.53. The Morgan fingerprint density at radius 3 is 2.54 bits per heavy atom. The molecule has 2 aliphatic rings. The molecule has 2 amide bonds. The van der Waals surface area contributed by atoms with Gasteiger partial charge < -0.3 is 15.0 Å². The predicted octanol–water partition coefficient (Wildman–Crippen LogP) is 3.13. The zero-order valence-corrected chi connectivity index (χ0v) is 22.1. The van der Waals surface area contributed by atoms with E-state index in [9.17, 15) is 14.4 Å². The van der Waals surface area contributed by atoms with Crippen molar-refractivity contribution >= 4 is 46.9 Å². The van der Waals surface area contributed by atoms with Crippen LogP contribution in [0.25, 0.3) is 0 Å². The number of carbonyl (C=O) groups is 3. The number of carbonyl (C=O) groups excluding carboxylic acids is 3. The average Bonchev–Trinajstić information content (AvgIpc) is 3.26. The number of halogens is 1. The van der Waals surface area contributed by atoms with Crippen molar-refractivity contribution in [3.63, 3.8) is 0 Å². The first kappa shape index (κ1) is 28.9. The van der Waals surface area contributed by atoms with Crippen LogP contribution in [0.2, 0.25) is 0 Å². The molecule has 2 saturated heterocycles. The quantitative estimate of drug-likeness (QED) is 0.309. The van der Waals surface area contributed by atoms with E-state index in [4.69, 9.17) is 4.74 Å². The monoisotopic (exact) mass is 522 g/mol. The van der Waals surface area contributed by atoms with Gasteiger partial charge in [-0.05, 0) is 35.8 Å². The molecule has 2 N–H and O–H groups in total. The molecule has 2 fully saturated rings. The predicted molar refractivity (Wildman–Crippen MR) is 141 cm³/mol. The Hall–Kier alpha value is -2.36. The van der Waals surface area contributed by atoms with Crippen molar-refractivity contribution in [2.75, 3.05) is 25.5 Å². The third kappa shape index (κ3) is 9.31. The van der Waals surface area contributed by atoms with Crippen LogP contribution in [0.4, 0.5) is 0 Å². The maximum absolute atomic E-state index is 13.1. The van der Waals surface area contributed by atoms with Gasteiger partial charge in [-0.3, -0.25) is 14.4 Å². The van der Waals surface area contributed by atoms with Crippen molar-refractivity contribution in [2.24, 2.45) is 16.4 Å². The van der Waals surface area contributed by atoms with E-state index >= 15 is 0 Å². The number of Topliss-reactive ketones (excluding diaryl/α,β-unsaturated/α-hetero) is 1. The van der Waals surface area contributed by atoms with Crippen molar-refractivity contribution in [1.82, 2.24) is 15.6 Å². The molecule has 3 rings (SSSR count). The normalized spacial score (nSPS) is 18.8. The lowest BCUT2D eigenvalue weighted by atomic mass is 9.88. The van der Waals surface area contributed by atoms with Gasteiger partial charge in [-0.2, -0.15) is 0 Å². The summed E-state index contributed by atoms with van der Waals surface area (Å²) in [7, 11) is 0. The molecule has 0 aliphatic carbocycles. The highest BCUT2D eigenvalue weighted by Gasteiger charge is 2.35. The first-order valence-corrected chi connectivity index (χ1v) is 12.6. The molecule has 10 heteroatoms. The van der Waals surface area contributed by atoms with Gasteiger partial charge in [0.25, 0.3) is 0 Å². The van der Waals surface area contributed by atoms with E-state index < -0.39 is 17.7 Å². The maximum atomic E-state index is 13.1. The van der Waals surface area contributed by atoms with Crippen molar-refractivity contribution in [3.8, 4) is 0 Å². The van der Waals surface area contributed by atoms with Crippen LogP contribution in [0.5, 0.6) is 0 Å². The number of amidine groups is 1. The van der Waals surface area contributed by atoms with Crippen LogP contribution in [0.1, 0.15) is 39.2 Å². The van der Waals surface area contributed by atoms with Crippen molar-refractivity contribution < 1.29 is 19.1 Å². The number of hydrogen-bond acceptors (Lipinski definition) is 6. The summed E-state index contributed by atoms with van der Waals surface area (Å²) in [5.41, 5.74) is 3.40. The standard InChI is InChI=1S/C25H34N4O4S.ClH/c1-25(2,3)12-9-20(30)26-21(19-10-14-33-15-11-19)22(31)23(32)27-28-24-29(13-16-34-24)17-18-7-5-4-6-8-18;/h4-9,12,19,21H,10-11,13-17H2,1-3H3,(H,26,30)(H,27,32);1H/b12-9+,28-24?;. The van der Waals surface area contributed by atoms with Gasteiger partial charge in [0.05, 0.1) is 0 Å². The second-order valence-electron chi connectivity index (χ2n) is 9.59. The lowest BCUT2D eigenvalue weighted by Gasteiger charge is -2.29. The zero-order valence-electron chi connectivity index (χ0n) is 20.5. The van der Waals surface area contributed by atoms with Crippen LogP contribution < -0.4 is 10.7 Å². The highest BCUT2D eigenvalue weighted by atomic mass is 35.5. The fourth-order valence-corrected chi connectivity index (χ4v) is 4.70. The number of hydrogen-bond donors (Lipinski definition) is 2. The van der Waals surface area contributed by atoms with Crippen molar-refractivity contribution in [3.05, 3.63) is 48.0 Å². The molecule has 35 heavy (non-hydrogen) atoms. The summed E-state index contributed by atoms with van der Waals surface area (Å²) in [5.74, 6) is -1.21. The summed E-state index contributed by atoms with van der Waals surface area (Å²) in [6.45, 7) is 8.42. The smallest absolute Gasteiger partial charge is 0.309 e. The highest BCUT2D eigenvalue weighted by molar-refractivity contribution is 8.14. The minimum absolute atomic E-state index is 0. The van der Waals surface area contributed by atoms with Crippen LogP contribution in [-0.4, -0.2) is 59.2 Å². The number of nitrogens with one attached hydrogen (secondary N) is 2. The first-order valence-electron chi connectivity index (χ1n) is 11.6. The third-order valence-electron chi connectivity index (χ3n) is 5.61. The van der Waals surface area contributed by atoms with Crippen molar-refractivity contribution in [2.45, 2.75) is 46.2 Å². The fourth-order valence-electron chi connectivity index (χ4n) is 3.76. The third-order valence-corrected chi connectivity index (χ3v) is 6.60. The summed E-state index contributed by atoms with van der Waals surface area (Å²) in [4.78, 5) is 40.4. The summed E-state index contributed by atoms with van der Waals surface area (Å²) in [5, 5.41) is 7.66. The van der Waals surface area contributed by atoms with Gasteiger partial charge in [-0.15, -0.1) is 17.5 Å². The minimum atomic E-state index is -0.919. The molecule has 0 aromatic heterocycles. The number of amides is 2. The van der Waals surface area contributed by atoms with E-state index in [1.165, 1.54) is 17.8 Å². The Labute approximate surface area is 217 Å². The molecule has 1 aromatic rings. The SMILES string of the molecule is CC(C)(C)/C=C/C(=O)NC(C(=O)C(=O)NN=C1SCCN1Cc1ccccc1)C1CCOCC1.Cl. The number of nitrogens with zero attached hydrogens (tertiary/aromatic N) is 2. The number of allylic oxidation sites excluding steroid dienone is 1. The number of rotatable bonds is 8. The first-order chi connectivity index (χ1) is 16.2. The van der Waals surface area contributed by atoms with Crippen LogP contribution in [-0.2, 0) is 25.7 Å². The van der Waals surface area contributed by atoms with E-state index in [1.54, 1.807) is 6.08 Å². The van der Waals surface area contributed by atoms with Crippen LogP contribution in [0, 0.1) is 11.3 Å². The lowest BCUT2D eigenvalue weighted by Crippen LogP contribution is -2.51. The topological polar surface area (TPSA) is 100 Å². The Bertz CT molecular complexity index is 927. The zero-order chi connectivity index (χ0) is 24.6. The molecule has 2 aliphatic heterocycles. The van der Waals surface area contributed by atoms with Gasteiger partial charge in [-0.1, -0.05) is 68.9 Å². The Balaban J connectivity index is 0.00000432. The maximum Gasteiger partial charge on any atom is 0.309 e. The summed E-state index contributed by atoms with van der Waals surface area (Å²) in [6.07, 6.45) is 4.40. The molecule has 8 nitrogen and oxygen atoms in total. The van der Waals surface area contributed by atoms with Gasteiger partial charge in [-0.25, -0.2) is 5.43 Å². The van der Waals surface area contributed by atoms with Crippen LogP contribution in [0.3, 0.4) is 0 Å². The van der Waals surface area contributed by atoms with Crippen LogP contribution in [0.15, 0.2) is 47.6 Å². The van der Waals surface area contributed by atoms with E-state index in [2.05, 4.69) is 20.7 Å². The number of thioether (sulfide) groups is 1. The molecule has 0 saturated carbocycles.